The number of nitrogens with one attached hydrogen (secondary N) is 1. The Labute approximate surface area is 292 Å². The van der Waals surface area contributed by atoms with E-state index in [4.69, 9.17) is 14.2 Å². The molecule has 0 aliphatic carbocycles. The number of carbonyl (C=O) groups excluding carboxylic acids is 1. The summed E-state index contributed by atoms with van der Waals surface area (Å²) >= 11 is 3.42. The first-order valence-corrected chi connectivity index (χ1v) is 16.4. The van der Waals surface area contributed by atoms with Gasteiger partial charge in [-0.15, -0.1) is 0 Å². The molecular weight excluding hydrogens is 682 g/mol. The summed E-state index contributed by atoms with van der Waals surface area (Å²) in [5.74, 6) is 1.49. The van der Waals surface area contributed by atoms with E-state index in [1.54, 1.807) is 18.2 Å². The molecule has 0 radical (unpaired) electrons. The second kappa shape index (κ2) is 15.8. The van der Waals surface area contributed by atoms with Gasteiger partial charge < -0.3 is 24.6 Å². The third-order valence-corrected chi connectivity index (χ3v) is 8.14. The molecule has 6 aromatic carbocycles. The highest BCUT2D eigenvalue weighted by atomic mass is 79.9. The minimum Gasteiger partial charge on any atom is -0.488 e. The molecule has 7 nitrogen and oxygen atoms in total. The molecule has 1 amide bonds. The second-order valence-corrected chi connectivity index (χ2v) is 12.1. The van der Waals surface area contributed by atoms with Crippen LogP contribution in [-0.4, -0.2) is 23.0 Å². The summed E-state index contributed by atoms with van der Waals surface area (Å²) in [6, 6.07) is 45.7. The summed E-state index contributed by atoms with van der Waals surface area (Å²) in [5.41, 5.74) is 3.66. The Bertz CT molecular complexity index is 2020. The topological polar surface area (TPSA) is 94.1 Å². The smallest absolute Gasteiger partial charge is 0.326 e. The van der Waals surface area contributed by atoms with Crippen molar-refractivity contribution in [1.82, 2.24) is 5.32 Å². The van der Waals surface area contributed by atoms with E-state index in [0.717, 1.165) is 33.8 Å². The first-order chi connectivity index (χ1) is 23.9. The molecule has 49 heavy (non-hydrogen) atoms. The fraction of sp³-hybridized carbons (Fsp3) is 0.0732. The van der Waals surface area contributed by atoms with E-state index in [9.17, 15) is 14.7 Å². The largest absolute Gasteiger partial charge is 0.488 e. The average Bonchev–Trinajstić information content (AvgIpc) is 3.13. The zero-order chi connectivity index (χ0) is 34.0. The lowest BCUT2D eigenvalue weighted by atomic mass is 9.99. The van der Waals surface area contributed by atoms with Gasteiger partial charge in [-0.2, -0.15) is 0 Å². The van der Waals surface area contributed by atoms with Crippen LogP contribution in [0.2, 0.25) is 0 Å². The summed E-state index contributed by atoms with van der Waals surface area (Å²) in [4.78, 5) is 25.8. The third kappa shape index (κ3) is 8.94. The van der Waals surface area contributed by atoms with Crippen LogP contribution in [0, 0.1) is 0 Å². The highest BCUT2D eigenvalue weighted by Gasteiger charge is 2.23. The molecule has 6 aromatic rings. The van der Waals surface area contributed by atoms with Crippen molar-refractivity contribution < 1.29 is 28.9 Å². The number of hydrogen-bond acceptors (Lipinski definition) is 5. The lowest BCUT2D eigenvalue weighted by Gasteiger charge is -2.17. The van der Waals surface area contributed by atoms with Crippen molar-refractivity contribution in [2.75, 3.05) is 0 Å². The lowest BCUT2D eigenvalue weighted by Crippen LogP contribution is -2.42. The molecule has 0 aliphatic heterocycles. The Hall–Kier alpha value is -5.86. The van der Waals surface area contributed by atoms with Gasteiger partial charge in [0.05, 0.1) is 5.56 Å². The number of carboxylic acid groups (broad SMARTS) is 1. The van der Waals surface area contributed by atoms with E-state index in [0.29, 0.717) is 21.7 Å². The zero-order valence-electron chi connectivity index (χ0n) is 26.3. The highest BCUT2D eigenvalue weighted by Crippen LogP contribution is 2.33. The van der Waals surface area contributed by atoms with Gasteiger partial charge in [-0.3, -0.25) is 4.79 Å². The van der Waals surface area contributed by atoms with Crippen LogP contribution in [0.15, 0.2) is 156 Å². The number of halogens is 1. The van der Waals surface area contributed by atoms with Crippen LogP contribution in [-0.2, 0) is 17.8 Å². The van der Waals surface area contributed by atoms with Gasteiger partial charge >= 0.3 is 5.97 Å². The molecule has 0 aliphatic rings. The maximum absolute atomic E-state index is 13.5. The third-order valence-electron chi connectivity index (χ3n) is 7.65. The van der Waals surface area contributed by atoms with Crippen LogP contribution in [0.5, 0.6) is 28.7 Å². The van der Waals surface area contributed by atoms with Crippen molar-refractivity contribution in [3.63, 3.8) is 0 Å². The van der Waals surface area contributed by atoms with Crippen molar-refractivity contribution in [2.24, 2.45) is 0 Å². The van der Waals surface area contributed by atoms with Crippen LogP contribution in [0.4, 0.5) is 0 Å². The molecule has 0 aromatic heterocycles. The molecule has 8 heteroatoms. The Kier molecular flexibility index (Phi) is 10.7. The molecule has 0 fully saturated rings. The van der Waals surface area contributed by atoms with Crippen molar-refractivity contribution in [3.05, 3.63) is 173 Å². The predicted molar refractivity (Wildman–Crippen MR) is 192 cm³/mol. The van der Waals surface area contributed by atoms with E-state index < -0.39 is 17.9 Å². The quantitative estimate of drug-likeness (QED) is 0.124. The van der Waals surface area contributed by atoms with Crippen LogP contribution < -0.4 is 19.5 Å². The molecule has 0 saturated carbocycles. The van der Waals surface area contributed by atoms with Gasteiger partial charge in [-0.25, -0.2) is 4.79 Å². The number of hydrogen-bond donors (Lipinski definition) is 2. The summed E-state index contributed by atoms with van der Waals surface area (Å²) in [6.07, 6.45) is 0.0884. The number of aliphatic carboxylic acids is 1. The minimum absolute atomic E-state index is 0.0884. The zero-order valence-corrected chi connectivity index (χ0v) is 27.9. The monoisotopic (exact) mass is 713 g/mol. The molecule has 2 N–H and O–H groups in total. The fourth-order valence-electron chi connectivity index (χ4n) is 5.15. The van der Waals surface area contributed by atoms with Gasteiger partial charge in [0.1, 0.15) is 41.4 Å². The molecule has 244 valence electrons. The van der Waals surface area contributed by atoms with Gasteiger partial charge in [0.25, 0.3) is 5.91 Å². The van der Waals surface area contributed by atoms with Crippen LogP contribution in [0.1, 0.15) is 21.5 Å². The van der Waals surface area contributed by atoms with Crippen molar-refractivity contribution in [3.8, 4) is 39.9 Å². The van der Waals surface area contributed by atoms with Gasteiger partial charge in [0.2, 0.25) is 0 Å². The molecule has 0 bridgehead atoms. The van der Waals surface area contributed by atoms with Gasteiger partial charge in [-0.1, -0.05) is 107 Å². The number of carbonyl (C=O) groups is 2. The first-order valence-electron chi connectivity index (χ1n) is 15.6. The number of carboxylic acids is 1. The maximum Gasteiger partial charge on any atom is 0.326 e. The van der Waals surface area contributed by atoms with E-state index in [2.05, 4.69) is 21.2 Å². The SMILES string of the molecule is O=C(NC(Cc1ccc(-c2ccccc2Oc2ccccc2)cc1)C(=O)O)c1cc(Br)ccc1OCc1ccc(Oc2ccccc2)cc1. The Morgan fingerprint density at radius 1 is 0.633 bits per heavy atom. The number of para-hydroxylation sites is 3. The number of rotatable bonds is 13. The van der Waals surface area contributed by atoms with Gasteiger partial charge in [0.15, 0.2) is 0 Å². The standard InChI is InChI=1S/C41H32BrNO6/c42-31-21-24-38(47-27-29-17-22-34(23-18-29)48-32-9-3-1-4-10-32)36(26-31)40(44)43-37(41(45)46)25-28-15-19-30(20-16-28)35-13-7-8-14-39(35)49-33-11-5-2-6-12-33/h1-24,26,37H,25,27H2,(H,43,44)(H,45,46). The summed E-state index contributed by atoms with van der Waals surface area (Å²) in [5, 5.41) is 12.7. The van der Waals surface area contributed by atoms with E-state index >= 15 is 0 Å². The molecule has 1 atom stereocenters. The summed E-state index contributed by atoms with van der Waals surface area (Å²) < 4.78 is 18.7. The van der Waals surface area contributed by atoms with Crippen LogP contribution in [0.25, 0.3) is 11.1 Å². The second-order valence-electron chi connectivity index (χ2n) is 11.2. The Balaban J connectivity index is 1.11. The molecule has 0 saturated heterocycles. The van der Waals surface area contributed by atoms with Crippen molar-refractivity contribution in [2.45, 2.75) is 19.1 Å². The average molecular weight is 715 g/mol. The van der Waals surface area contributed by atoms with Gasteiger partial charge in [-0.05, 0) is 77.4 Å². The first kappa shape index (κ1) is 33.1. The predicted octanol–water partition coefficient (Wildman–Crippen LogP) is 9.71. The lowest BCUT2D eigenvalue weighted by molar-refractivity contribution is -0.139. The number of benzene rings is 6. The maximum atomic E-state index is 13.5. The van der Waals surface area contributed by atoms with E-state index in [-0.39, 0.29) is 18.6 Å². The normalized spacial score (nSPS) is 11.3. The molecule has 0 spiro atoms. The van der Waals surface area contributed by atoms with E-state index in [1.807, 2.05) is 133 Å². The van der Waals surface area contributed by atoms with E-state index in [1.165, 1.54) is 0 Å². The highest BCUT2D eigenvalue weighted by molar-refractivity contribution is 9.10. The summed E-state index contributed by atoms with van der Waals surface area (Å²) in [6.45, 7) is 0.196. The molecule has 6 rings (SSSR count). The van der Waals surface area contributed by atoms with Gasteiger partial charge in [0, 0.05) is 16.5 Å². The Morgan fingerprint density at radius 3 is 1.90 bits per heavy atom. The summed E-state index contributed by atoms with van der Waals surface area (Å²) in [7, 11) is 0. The number of amides is 1. The molecule has 1 unspecified atom stereocenters. The van der Waals surface area contributed by atoms with Crippen LogP contribution in [0.3, 0.4) is 0 Å². The van der Waals surface area contributed by atoms with Crippen LogP contribution >= 0.6 is 15.9 Å². The molecule has 0 heterocycles. The van der Waals surface area contributed by atoms with Crippen molar-refractivity contribution in [1.29, 1.82) is 0 Å². The Morgan fingerprint density at radius 2 is 1.22 bits per heavy atom. The van der Waals surface area contributed by atoms with Crippen molar-refractivity contribution >= 4 is 27.8 Å². The fourth-order valence-corrected chi connectivity index (χ4v) is 5.51. The number of ether oxygens (including phenoxy) is 3. The minimum atomic E-state index is -1.17. The molecular formula is C41H32BrNO6.